The number of hydrogen-bond donors (Lipinski definition) is 0. The molecule has 0 spiro atoms. The summed E-state index contributed by atoms with van der Waals surface area (Å²) in [6, 6.07) is 7.80. The van der Waals surface area contributed by atoms with Crippen LogP contribution in [-0.2, 0) is 13.1 Å². The van der Waals surface area contributed by atoms with Crippen molar-refractivity contribution < 1.29 is 4.79 Å². The summed E-state index contributed by atoms with van der Waals surface area (Å²) in [7, 11) is 1.78. The summed E-state index contributed by atoms with van der Waals surface area (Å²) in [6.45, 7) is 0.962. The Bertz CT molecular complexity index is 630. The lowest BCUT2D eigenvalue weighted by Gasteiger charge is -2.34. The van der Waals surface area contributed by atoms with Gasteiger partial charge in [-0.1, -0.05) is 34.3 Å². The third kappa shape index (κ3) is 2.17. The van der Waals surface area contributed by atoms with E-state index in [-0.39, 0.29) is 6.03 Å². The molecule has 0 atom stereocenters. The molecule has 19 heavy (non-hydrogen) atoms. The van der Waals surface area contributed by atoms with E-state index in [2.05, 4.69) is 9.59 Å². The fourth-order valence-electron chi connectivity index (χ4n) is 2.13. The van der Waals surface area contributed by atoms with Crippen molar-refractivity contribution in [3.05, 3.63) is 39.9 Å². The molecule has 7 heteroatoms. The number of hydrogen-bond acceptors (Lipinski definition) is 4. The molecule has 3 rings (SSSR count). The number of anilines is 1. The topological polar surface area (TPSA) is 49.3 Å². The maximum atomic E-state index is 12.3. The second-order valence-corrected chi connectivity index (χ2v) is 5.70. The van der Waals surface area contributed by atoms with Gasteiger partial charge in [0.1, 0.15) is 10.0 Å². The number of carbonyl (C=O) groups is 1. The van der Waals surface area contributed by atoms with Gasteiger partial charge in [-0.3, -0.25) is 4.90 Å². The van der Waals surface area contributed by atoms with Gasteiger partial charge in [-0.25, -0.2) is 4.79 Å². The van der Waals surface area contributed by atoms with Crippen molar-refractivity contribution in [1.82, 2.24) is 14.5 Å². The number of fused-ring (bicyclic) bond motifs is 1. The summed E-state index contributed by atoms with van der Waals surface area (Å²) in [5.41, 5.74) is 2.66. The van der Waals surface area contributed by atoms with Crippen LogP contribution in [0.4, 0.5) is 10.5 Å². The highest BCUT2D eigenvalue weighted by Crippen LogP contribution is 2.30. The lowest BCUT2D eigenvalue weighted by Crippen LogP contribution is -2.44. The molecule has 98 valence electrons. The van der Waals surface area contributed by atoms with Crippen molar-refractivity contribution in [3.63, 3.8) is 0 Å². The Morgan fingerprint density at radius 3 is 2.95 bits per heavy atom. The zero-order valence-electron chi connectivity index (χ0n) is 10.2. The number of urea groups is 1. The Kier molecular flexibility index (Phi) is 3.12. The summed E-state index contributed by atoms with van der Waals surface area (Å²) in [6.07, 6.45) is 0. The molecule has 0 aliphatic carbocycles. The van der Waals surface area contributed by atoms with Crippen molar-refractivity contribution in [2.75, 3.05) is 11.9 Å². The number of rotatable bonds is 2. The Morgan fingerprint density at radius 1 is 1.42 bits per heavy atom. The van der Waals surface area contributed by atoms with Crippen LogP contribution in [0, 0.1) is 0 Å². The second kappa shape index (κ2) is 4.79. The van der Waals surface area contributed by atoms with E-state index in [1.54, 1.807) is 16.8 Å². The average Bonchev–Trinajstić information content (AvgIpc) is 2.80. The number of halogens is 1. The smallest absolute Gasteiger partial charge is 0.323 e. The summed E-state index contributed by atoms with van der Waals surface area (Å²) in [5.74, 6) is 0. The number of benzene rings is 1. The standard InChI is InChI=1S/C12H11ClN4OS/c1-16-6-8-4-2-3-5-10(8)17(12(16)18)7-9-11(13)19-15-14-9/h2-5H,6-7H2,1H3. The lowest BCUT2D eigenvalue weighted by atomic mass is 10.1. The maximum absolute atomic E-state index is 12.3. The fourth-order valence-corrected chi connectivity index (χ4v) is 2.75. The van der Waals surface area contributed by atoms with Crippen LogP contribution in [0.3, 0.4) is 0 Å². The summed E-state index contributed by atoms with van der Waals surface area (Å²) < 4.78 is 4.32. The first-order chi connectivity index (χ1) is 9.16. The first kappa shape index (κ1) is 12.4. The van der Waals surface area contributed by atoms with Crippen LogP contribution in [0.1, 0.15) is 11.3 Å². The van der Waals surface area contributed by atoms with Crippen molar-refractivity contribution >= 4 is 34.9 Å². The number of amides is 2. The van der Waals surface area contributed by atoms with Crippen LogP contribution in [0.2, 0.25) is 4.34 Å². The van der Waals surface area contributed by atoms with Gasteiger partial charge in [0.15, 0.2) is 0 Å². The average molecular weight is 295 g/mol. The van der Waals surface area contributed by atoms with Crippen molar-refractivity contribution in [1.29, 1.82) is 0 Å². The molecule has 1 aromatic carbocycles. The predicted octanol–water partition coefficient (Wildman–Crippen LogP) is 2.76. The highest BCUT2D eigenvalue weighted by molar-refractivity contribution is 7.10. The van der Waals surface area contributed by atoms with Gasteiger partial charge in [0.2, 0.25) is 0 Å². The quantitative estimate of drug-likeness (QED) is 0.856. The molecule has 0 radical (unpaired) electrons. The van der Waals surface area contributed by atoms with E-state index in [9.17, 15) is 4.79 Å². The highest BCUT2D eigenvalue weighted by atomic mass is 35.5. The van der Waals surface area contributed by atoms with E-state index in [0.29, 0.717) is 23.1 Å². The van der Waals surface area contributed by atoms with Gasteiger partial charge in [0.25, 0.3) is 0 Å². The van der Waals surface area contributed by atoms with E-state index in [4.69, 9.17) is 11.6 Å². The Morgan fingerprint density at radius 2 is 2.21 bits per heavy atom. The fraction of sp³-hybridized carbons (Fsp3) is 0.250. The van der Waals surface area contributed by atoms with E-state index < -0.39 is 0 Å². The molecular weight excluding hydrogens is 284 g/mol. The van der Waals surface area contributed by atoms with Crippen LogP contribution in [0.5, 0.6) is 0 Å². The molecule has 0 bridgehead atoms. The summed E-state index contributed by atoms with van der Waals surface area (Å²) in [5, 5.41) is 3.97. The van der Waals surface area contributed by atoms with Crippen molar-refractivity contribution in [2.45, 2.75) is 13.1 Å². The Balaban J connectivity index is 1.99. The largest absolute Gasteiger partial charge is 0.324 e. The molecule has 0 saturated carbocycles. The van der Waals surface area contributed by atoms with Crippen LogP contribution in [0.15, 0.2) is 24.3 Å². The zero-order chi connectivity index (χ0) is 13.4. The first-order valence-electron chi connectivity index (χ1n) is 5.74. The molecule has 1 aliphatic heterocycles. The van der Waals surface area contributed by atoms with Crippen LogP contribution >= 0.6 is 23.1 Å². The SMILES string of the molecule is CN1Cc2ccccc2N(Cc2nnsc2Cl)C1=O. The van der Waals surface area contributed by atoms with Gasteiger partial charge in [-0.15, -0.1) is 5.10 Å². The molecule has 1 aliphatic rings. The molecule has 0 N–H and O–H groups in total. The van der Waals surface area contributed by atoms with Crippen LogP contribution in [-0.4, -0.2) is 27.6 Å². The zero-order valence-corrected chi connectivity index (χ0v) is 11.8. The molecule has 0 saturated heterocycles. The molecule has 2 amide bonds. The maximum Gasteiger partial charge on any atom is 0.324 e. The molecular formula is C12H11ClN4OS. The molecule has 5 nitrogen and oxygen atoms in total. The predicted molar refractivity (Wildman–Crippen MR) is 74.4 cm³/mol. The van der Waals surface area contributed by atoms with E-state index in [1.807, 2.05) is 24.3 Å². The first-order valence-corrected chi connectivity index (χ1v) is 6.89. The number of carbonyl (C=O) groups excluding carboxylic acids is 1. The van der Waals surface area contributed by atoms with Crippen molar-refractivity contribution in [3.8, 4) is 0 Å². The van der Waals surface area contributed by atoms with Gasteiger partial charge in [-0.05, 0) is 11.6 Å². The van der Waals surface area contributed by atoms with E-state index in [1.165, 1.54) is 0 Å². The van der Waals surface area contributed by atoms with E-state index in [0.717, 1.165) is 22.8 Å². The second-order valence-electron chi connectivity index (χ2n) is 4.35. The van der Waals surface area contributed by atoms with Gasteiger partial charge < -0.3 is 4.90 Å². The van der Waals surface area contributed by atoms with Gasteiger partial charge in [0.05, 0.1) is 12.2 Å². The van der Waals surface area contributed by atoms with Gasteiger partial charge >= 0.3 is 6.03 Å². The Labute approximate surface area is 119 Å². The van der Waals surface area contributed by atoms with Crippen molar-refractivity contribution in [2.24, 2.45) is 0 Å². The van der Waals surface area contributed by atoms with Crippen LogP contribution in [0.25, 0.3) is 0 Å². The molecule has 2 aromatic rings. The minimum absolute atomic E-state index is 0.0530. The van der Waals surface area contributed by atoms with E-state index >= 15 is 0 Å². The molecule has 1 aromatic heterocycles. The minimum Gasteiger partial charge on any atom is -0.323 e. The summed E-state index contributed by atoms with van der Waals surface area (Å²) >= 11 is 7.14. The number of nitrogens with zero attached hydrogens (tertiary/aromatic N) is 4. The highest BCUT2D eigenvalue weighted by Gasteiger charge is 2.28. The molecule has 0 unspecified atom stereocenters. The lowest BCUT2D eigenvalue weighted by molar-refractivity contribution is 0.210. The molecule has 2 heterocycles. The monoisotopic (exact) mass is 294 g/mol. The normalized spacial score (nSPS) is 14.7. The van der Waals surface area contributed by atoms with Gasteiger partial charge in [-0.2, -0.15) is 0 Å². The number of para-hydroxylation sites is 1. The Hall–Kier alpha value is -1.66. The minimum atomic E-state index is -0.0530. The molecule has 0 fully saturated rings. The third-order valence-corrected chi connectivity index (χ3v) is 4.05. The van der Waals surface area contributed by atoms with Gasteiger partial charge in [0, 0.05) is 25.1 Å². The third-order valence-electron chi connectivity index (χ3n) is 3.06. The summed E-state index contributed by atoms with van der Waals surface area (Å²) in [4.78, 5) is 15.6. The number of aromatic nitrogens is 2. The van der Waals surface area contributed by atoms with Crippen LogP contribution < -0.4 is 4.90 Å².